The maximum atomic E-state index is 14.3. The first kappa shape index (κ1) is 28.7. The first-order chi connectivity index (χ1) is 19.2. The van der Waals surface area contributed by atoms with E-state index < -0.39 is 18.6 Å². The van der Waals surface area contributed by atoms with Crippen LogP contribution < -0.4 is 15.4 Å². The predicted molar refractivity (Wildman–Crippen MR) is 149 cm³/mol. The van der Waals surface area contributed by atoms with Gasteiger partial charge in [-0.3, -0.25) is 4.79 Å². The summed E-state index contributed by atoms with van der Waals surface area (Å²) in [4.78, 5) is 11.2. The Morgan fingerprint density at radius 2 is 1.80 bits per heavy atom. The Hall–Kier alpha value is -4.31. The molecule has 0 bridgehead atoms. The Balaban J connectivity index is 1.61. The number of amides is 1. The Morgan fingerprint density at radius 3 is 2.50 bits per heavy atom. The number of rotatable bonds is 11. The molecule has 1 amide bonds. The summed E-state index contributed by atoms with van der Waals surface area (Å²) < 4.78 is 61.7. The van der Waals surface area contributed by atoms with Crippen molar-refractivity contribution in [2.45, 2.75) is 19.0 Å². The highest BCUT2D eigenvalue weighted by molar-refractivity contribution is 6.25. The van der Waals surface area contributed by atoms with Crippen LogP contribution in [-0.2, 0) is 4.79 Å². The number of fused-ring (bicyclic) bond motifs is 1. The maximum absolute atomic E-state index is 14.3. The molecule has 1 aliphatic heterocycles. The van der Waals surface area contributed by atoms with Crippen molar-refractivity contribution in [1.82, 2.24) is 10.6 Å². The standard InChI is InChI=1S/C30H28F4N4O2/c1-35-27(39)8-5-15-36-16-17-40-23-12-9-21(10-13-23)28(22-11-14-26-24(18-22)29(31)38-37-26)25(19-30(32,33)34)20-6-3-2-4-7-20/h2-13,18,36H,14-17,19H2,1H3,(H,35,39)/b8-5+,28-25+. The van der Waals surface area contributed by atoms with Crippen molar-refractivity contribution in [3.63, 3.8) is 0 Å². The van der Waals surface area contributed by atoms with Crippen molar-refractivity contribution in [1.29, 1.82) is 0 Å². The van der Waals surface area contributed by atoms with E-state index in [1.165, 1.54) is 12.2 Å². The summed E-state index contributed by atoms with van der Waals surface area (Å²) in [5, 5.41) is 12.9. The quantitative estimate of drug-likeness (QED) is 0.160. The zero-order valence-electron chi connectivity index (χ0n) is 21.8. The maximum Gasteiger partial charge on any atom is 0.393 e. The fourth-order valence-corrected chi connectivity index (χ4v) is 4.30. The molecule has 2 aliphatic rings. The van der Waals surface area contributed by atoms with Crippen LogP contribution in [0.1, 0.15) is 24.0 Å². The normalized spacial score (nSPS) is 15.5. The van der Waals surface area contributed by atoms with Gasteiger partial charge in [0.1, 0.15) is 12.4 Å². The van der Waals surface area contributed by atoms with Gasteiger partial charge < -0.3 is 15.4 Å². The Kier molecular flexibility index (Phi) is 9.44. The number of halogens is 4. The summed E-state index contributed by atoms with van der Waals surface area (Å²) in [5.41, 5.74) is 2.48. The van der Waals surface area contributed by atoms with E-state index in [-0.39, 0.29) is 23.5 Å². The van der Waals surface area contributed by atoms with Gasteiger partial charge in [-0.25, -0.2) is 0 Å². The van der Waals surface area contributed by atoms with E-state index in [0.717, 1.165) is 0 Å². The number of alkyl halides is 3. The molecule has 2 aromatic carbocycles. The number of hydrogen-bond acceptors (Lipinski definition) is 5. The summed E-state index contributed by atoms with van der Waals surface area (Å²) in [6.07, 6.45) is 0.999. The van der Waals surface area contributed by atoms with E-state index >= 15 is 0 Å². The number of hydrogen-bond donors (Lipinski definition) is 2. The number of carbonyl (C=O) groups excluding carboxylic acids is 1. The molecular weight excluding hydrogens is 524 g/mol. The van der Waals surface area contributed by atoms with Gasteiger partial charge in [0.15, 0.2) is 0 Å². The first-order valence-electron chi connectivity index (χ1n) is 12.7. The van der Waals surface area contributed by atoms with E-state index in [1.807, 2.05) is 0 Å². The van der Waals surface area contributed by atoms with Crippen LogP contribution in [0.15, 0.2) is 100 Å². The molecule has 0 spiro atoms. The molecule has 6 nitrogen and oxygen atoms in total. The number of ether oxygens (including phenoxy) is 1. The third kappa shape index (κ3) is 7.63. The van der Waals surface area contributed by atoms with E-state index in [4.69, 9.17) is 4.74 Å². The Bertz CT molecular complexity index is 1400. The third-order valence-corrected chi connectivity index (χ3v) is 6.17. The van der Waals surface area contributed by atoms with Gasteiger partial charge in [0.25, 0.3) is 0 Å². The largest absolute Gasteiger partial charge is 0.492 e. The van der Waals surface area contributed by atoms with E-state index in [9.17, 15) is 22.4 Å². The topological polar surface area (TPSA) is 75.1 Å². The molecule has 1 aliphatic carbocycles. The number of nitrogens with zero attached hydrogens (tertiary/aromatic N) is 2. The number of benzene rings is 2. The van der Waals surface area contributed by atoms with Crippen LogP contribution in [0.4, 0.5) is 17.6 Å². The number of likely N-dealkylation sites (N-methyl/N-ethyl adjacent to an activating group) is 1. The van der Waals surface area contributed by atoms with Gasteiger partial charge in [-0.15, -0.1) is 5.10 Å². The summed E-state index contributed by atoms with van der Waals surface area (Å²) >= 11 is 0. The average molecular weight is 553 g/mol. The van der Waals surface area contributed by atoms with Crippen molar-refractivity contribution in [2.24, 2.45) is 10.2 Å². The van der Waals surface area contributed by atoms with Gasteiger partial charge in [-0.2, -0.15) is 22.7 Å². The van der Waals surface area contributed by atoms with Gasteiger partial charge in [0, 0.05) is 32.6 Å². The molecule has 208 valence electrons. The van der Waals surface area contributed by atoms with E-state index in [0.29, 0.717) is 53.4 Å². The molecule has 0 unspecified atom stereocenters. The van der Waals surface area contributed by atoms with Crippen molar-refractivity contribution in [2.75, 3.05) is 26.7 Å². The summed E-state index contributed by atoms with van der Waals surface area (Å²) in [6.45, 7) is 1.36. The number of carbonyl (C=O) groups is 1. The molecule has 0 fully saturated rings. The fraction of sp³-hybridized carbons (Fsp3) is 0.233. The molecule has 2 N–H and O–H groups in total. The second-order valence-corrected chi connectivity index (χ2v) is 8.96. The molecule has 0 saturated heterocycles. The molecule has 0 aromatic heterocycles. The highest BCUT2D eigenvalue weighted by Gasteiger charge is 2.33. The van der Waals surface area contributed by atoms with E-state index in [2.05, 4.69) is 20.8 Å². The molecular formula is C30H28F4N4O2. The molecule has 10 heteroatoms. The lowest BCUT2D eigenvalue weighted by Gasteiger charge is -2.21. The van der Waals surface area contributed by atoms with Gasteiger partial charge in [-0.05, 0) is 46.1 Å². The van der Waals surface area contributed by atoms with Crippen molar-refractivity contribution in [3.05, 3.63) is 101 Å². The summed E-state index contributed by atoms with van der Waals surface area (Å²) in [5.74, 6) is -0.395. The average Bonchev–Trinajstić information content (AvgIpc) is 3.32. The lowest BCUT2D eigenvalue weighted by Crippen LogP contribution is -2.21. The molecule has 40 heavy (non-hydrogen) atoms. The number of nitrogens with one attached hydrogen (secondary N) is 2. The minimum Gasteiger partial charge on any atom is -0.492 e. The Morgan fingerprint density at radius 1 is 1.05 bits per heavy atom. The zero-order chi connectivity index (χ0) is 28.5. The van der Waals surface area contributed by atoms with Crippen LogP contribution >= 0.6 is 0 Å². The monoisotopic (exact) mass is 552 g/mol. The molecule has 4 rings (SSSR count). The zero-order valence-corrected chi connectivity index (χ0v) is 21.8. The highest BCUT2D eigenvalue weighted by atomic mass is 19.4. The van der Waals surface area contributed by atoms with Crippen LogP contribution in [0.3, 0.4) is 0 Å². The number of allylic oxidation sites excluding steroid dienone is 6. The minimum absolute atomic E-state index is 0.0783. The molecule has 0 saturated carbocycles. The third-order valence-electron chi connectivity index (χ3n) is 6.17. The molecule has 2 aromatic rings. The van der Waals surface area contributed by atoms with Gasteiger partial charge in [-0.1, -0.05) is 54.6 Å². The lowest BCUT2D eigenvalue weighted by atomic mass is 9.84. The van der Waals surface area contributed by atoms with Crippen molar-refractivity contribution >= 4 is 28.7 Å². The Labute approximate surface area is 229 Å². The van der Waals surface area contributed by atoms with Gasteiger partial charge >= 0.3 is 6.18 Å². The molecule has 0 radical (unpaired) electrons. The molecule has 0 atom stereocenters. The summed E-state index contributed by atoms with van der Waals surface area (Å²) in [6, 6.07) is 15.2. The van der Waals surface area contributed by atoms with Crippen LogP contribution in [0.5, 0.6) is 5.75 Å². The van der Waals surface area contributed by atoms with Crippen LogP contribution in [0.2, 0.25) is 0 Å². The van der Waals surface area contributed by atoms with E-state index in [1.54, 1.807) is 73.8 Å². The summed E-state index contributed by atoms with van der Waals surface area (Å²) in [7, 11) is 1.55. The second kappa shape index (κ2) is 13.2. The minimum atomic E-state index is -4.48. The highest BCUT2D eigenvalue weighted by Crippen LogP contribution is 2.41. The van der Waals surface area contributed by atoms with Gasteiger partial charge in [0.05, 0.1) is 17.7 Å². The predicted octanol–water partition coefficient (Wildman–Crippen LogP) is 5.81. The van der Waals surface area contributed by atoms with Crippen LogP contribution in [-0.4, -0.2) is 50.5 Å². The van der Waals surface area contributed by atoms with Crippen molar-refractivity contribution in [3.8, 4) is 5.75 Å². The molecule has 1 heterocycles. The van der Waals surface area contributed by atoms with Crippen molar-refractivity contribution < 1.29 is 27.1 Å². The fourth-order valence-electron chi connectivity index (χ4n) is 4.30. The second-order valence-electron chi connectivity index (χ2n) is 8.96. The first-order valence-corrected chi connectivity index (χ1v) is 12.7. The smallest absolute Gasteiger partial charge is 0.393 e. The van der Waals surface area contributed by atoms with Gasteiger partial charge in [0.2, 0.25) is 11.9 Å². The van der Waals surface area contributed by atoms with Crippen LogP contribution in [0, 0.1) is 0 Å². The SMILES string of the molecule is CNC(=O)/C=C/CNCCOc1ccc(/C(C2=CCC3=NN=C(F)C3=C2)=C(/CC(F)(F)F)c2ccccc2)cc1. The van der Waals surface area contributed by atoms with Crippen LogP contribution in [0.25, 0.3) is 11.1 Å². The lowest BCUT2D eigenvalue weighted by molar-refractivity contribution is -0.123.